The van der Waals surface area contributed by atoms with Crippen molar-refractivity contribution in [2.24, 2.45) is 5.73 Å². The number of carbonyl (C=O) groups excluding carboxylic acids is 2. The van der Waals surface area contributed by atoms with Gasteiger partial charge in [-0.25, -0.2) is 0 Å². The Morgan fingerprint density at radius 1 is 1.47 bits per heavy atom. The van der Waals surface area contributed by atoms with Crippen LogP contribution in [0.15, 0.2) is 0 Å². The van der Waals surface area contributed by atoms with Gasteiger partial charge in [0.1, 0.15) is 0 Å². The Balaban J connectivity index is 1.81. The molecule has 3 N–H and O–H groups in total. The summed E-state index contributed by atoms with van der Waals surface area (Å²) in [5, 5.41) is 2.86. The van der Waals surface area contributed by atoms with Crippen LogP contribution in [0.5, 0.6) is 0 Å². The van der Waals surface area contributed by atoms with Crippen LogP contribution >= 0.6 is 0 Å². The van der Waals surface area contributed by atoms with Crippen LogP contribution in [0, 0.1) is 0 Å². The fraction of sp³-hybridized carbons (Fsp3) is 0.800. The minimum Gasteiger partial charge on any atom is -0.352 e. The fourth-order valence-corrected chi connectivity index (χ4v) is 1.80. The third-order valence-electron chi connectivity index (χ3n) is 2.85. The van der Waals surface area contributed by atoms with Gasteiger partial charge in [-0.05, 0) is 25.7 Å². The second-order valence-corrected chi connectivity index (χ2v) is 4.35. The smallest absolute Gasteiger partial charge is 0.239 e. The van der Waals surface area contributed by atoms with Crippen LogP contribution in [0.1, 0.15) is 25.7 Å². The lowest BCUT2D eigenvalue weighted by Crippen LogP contribution is -2.51. The molecule has 1 unspecified atom stereocenters. The van der Waals surface area contributed by atoms with Crippen molar-refractivity contribution in [3.8, 4) is 0 Å². The van der Waals surface area contributed by atoms with Crippen molar-refractivity contribution in [2.75, 3.05) is 13.1 Å². The lowest BCUT2D eigenvalue weighted by molar-refractivity contribution is -0.139. The summed E-state index contributed by atoms with van der Waals surface area (Å²) in [6.07, 6.45) is 3.77. The Labute approximate surface area is 89.0 Å². The fourth-order valence-electron chi connectivity index (χ4n) is 1.80. The van der Waals surface area contributed by atoms with E-state index in [9.17, 15) is 9.59 Å². The number of rotatable bonds is 3. The number of likely N-dealkylation sites (tertiary alicyclic amines) is 1. The summed E-state index contributed by atoms with van der Waals surface area (Å²) in [6, 6.07) is -0.0569. The zero-order valence-electron chi connectivity index (χ0n) is 8.74. The van der Waals surface area contributed by atoms with Crippen LogP contribution in [-0.4, -0.2) is 41.9 Å². The topological polar surface area (TPSA) is 75.4 Å². The van der Waals surface area contributed by atoms with Crippen molar-refractivity contribution >= 4 is 11.8 Å². The van der Waals surface area contributed by atoms with E-state index in [1.807, 2.05) is 0 Å². The van der Waals surface area contributed by atoms with Crippen LogP contribution in [-0.2, 0) is 9.59 Å². The number of hydrogen-bond donors (Lipinski definition) is 2. The van der Waals surface area contributed by atoms with E-state index in [-0.39, 0.29) is 18.4 Å². The number of piperidine rings is 1. The Bertz CT molecular complexity index is 276. The average Bonchev–Trinajstić information content (AvgIpc) is 2.97. The second kappa shape index (κ2) is 4.18. The first-order valence-corrected chi connectivity index (χ1v) is 5.50. The third kappa shape index (κ3) is 2.68. The van der Waals surface area contributed by atoms with Gasteiger partial charge in [-0.15, -0.1) is 0 Å². The molecule has 84 valence electrons. The maximum absolute atomic E-state index is 11.6. The Kier molecular flexibility index (Phi) is 2.90. The standard InChI is InChI=1S/C10H17N3O2/c11-8-2-1-5-13(10(8)15)6-9(14)12-7-3-4-7/h7-8H,1-6,11H2,(H,12,14). The number of amides is 2. The Morgan fingerprint density at radius 3 is 2.87 bits per heavy atom. The minimum absolute atomic E-state index is 0.0556. The maximum atomic E-state index is 11.6. The predicted octanol–water partition coefficient (Wildman–Crippen LogP) is -0.785. The zero-order chi connectivity index (χ0) is 10.8. The molecule has 1 aliphatic carbocycles. The molecule has 5 heteroatoms. The number of nitrogens with one attached hydrogen (secondary N) is 1. The Morgan fingerprint density at radius 2 is 2.20 bits per heavy atom. The third-order valence-corrected chi connectivity index (χ3v) is 2.85. The molecule has 2 fully saturated rings. The van der Waals surface area contributed by atoms with E-state index in [0.29, 0.717) is 12.6 Å². The van der Waals surface area contributed by atoms with Crippen LogP contribution in [0.25, 0.3) is 0 Å². The summed E-state index contributed by atoms with van der Waals surface area (Å²) in [4.78, 5) is 24.6. The molecule has 2 rings (SSSR count). The molecule has 1 saturated carbocycles. The number of carbonyl (C=O) groups is 2. The van der Waals surface area contributed by atoms with Crippen LogP contribution in [0.2, 0.25) is 0 Å². The summed E-state index contributed by atoms with van der Waals surface area (Å²) >= 11 is 0. The molecular formula is C10H17N3O2. The van der Waals surface area contributed by atoms with Crippen LogP contribution < -0.4 is 11.1 Å². The van der Waals surface area contributed by atoms with Gasteiger partial charge in [0.25, 0.3) is 0 Å². The molecule has 0 radical (unpaired) electrons. The molecule has 0 spiro atoms. The summed E-state index contributed by atoms with van der Waals surface area (Å²) in [5.74, 6) is -0.146. The molecule has 15 heavy (non-hydrogen) atoms. The quantitative estimate of drug-likeness (QED) is 0.642. The second-order valence-electron chi connectivity index (χ2n) is 4.35. The van der Waals surface area contributed by atoms with Gasteiger partial charge in [0, 0.05) is 12.6 Å². The molecule has 1 atom stereocenters. The van der Waals surface area contributed by atoms with Gasteiger partial charge < -0.3 is 16.0 Å². The van der Waals surface area contributed by atoms with E-state index in [1.165, 1.54) is 0 Å². The Hall–Kier alpha value is -1.10. The lowest BCUT2D eigenvalue weighted by Gasteiger charge is -2.29. The number of hydrogen-bond acceptors (Lipinski definition) is 3. The molecule has 0 aromatic heterocycles. The van der Waals surface area contributed by atoms with Crippen molar-refractivity contribution in [1.29, 1.82) is 0 Å². The lowest BCUT2D eigenvalue weighted by atomic mass is 10.1. The normalized spacial score (nSPS) is 26.6. The van der Waals surface area contributed by atoms with Gasteiger partial charge in [0.05, 0.1) is 12.6 Å². The highest BCUT2D eigenvalue weighted by Crippen LogP contribution is 2.18. The van der Waals surface area contributed by atoms with Crippen molar-refractivity contribution in [3.63, 3.8) is 0 Å². The van der Waals surface area contributed by atoms with Gasteiger partial charge in [0.2, 0.25) is 11.8 Å². The van der Waals surface area contributed by atoms with E-state index in [1.54, 1.807) is 4.90 Å². The highest BCUT2D eigenvalue weighted by molar-refractivity contribution is 5.88. The SMILES string of the molecule is NC1CCCN(CC(=O)NC2CC2)C1=O. The van der Waals surface area contributed by atoms with E-state index >= 15 is 0 Å². The van der Waals surface area contributed by atoms with E-state index < -0.39 is 6.04 Å². The van der Waals surface area contributed by atoms with Gasteiger partial charge in [-0.2, -0.15) is 0 Å². The molecule has 0 aromatic carbocycles. The van der Waals surface area contributed by atoms with Crippen LogP contribution in [0.3, 0.4) is 0 Å². The van der Waals surface area contributed by atoms with Crippen molar-refractivity contribution in [1.82, 2.24) is 10.2 Å². The highest BCUT2D eigenvalue weighted by atomic mass is 16.2. The van der Waals surface area contributed by atoms with Gasteiger partial charge in [-0.1, -0.05) is 0 Å². The summed E-state index contributed by atoms with van der Waals surface area (Å²) in [7, 11) is 0. The molecule has 1 heterocycles. The molecule has 2 aliphatic rings. The van der Waals surface area contributed by atoms with E-state index in [2.05, 4.69) is 5.32 Å². The van der Waals surface area contributed by atoms with Gasteiger partial charge in [0.15, 0.2) is 0 Å². The molecule has 5 nitrogen and oxygen atoms in total. The molecule has 1 saturated heterocycles. The summed E-state index contributed by atoms with van der Waals surface area (Å²) in [5.41, 5.74) is 5.64. The first-order chi connectivity index (χ1) is 7.16. The summed E-state index contributed by atoms with van der Waals surface area (Å²) in [6.45, 7) is 0.827. The van der Waals surface area contributed by atoms with Gasteiger partial charge >= 0.3 is 0 Å². The van der Waals surface area contributed by atoms with Crippen LogP contribution in [0.4, 0.5) is 0 Å². The van der Waals surface area contributed by atoms with E-state index in [4.69, 9.17) is 5.73 Å². The minimum atomic E-state index is -0.410. The largest absolute Gasteiger partial charge is 0.352 e. The molecule has 0 aromatic rings. The average molecular weight is 211 g/mol. The van der Waals surface area contributed by atoms with Crippen molar-refractivity contribution < 1.29 is 9.59 Å². The first-order valence-electron chi connectivity index (χ1n) is 5.50. The molecule has 1 aliphatic heterocycles. The monoisotopic (exact) mass is 211 g/mol. The predicted molar refractivity (Wildman–Crippen MR) is 55.0 cm³/mol. The maximum Gasteiger partial charge on any atom is 0.239 e. The van der Waals surface area contributed by atoms with E-state index in [0.717, 1.165) is 25.7 Å². The van der Waals surface area contributed by atoms with Crippen molar-refractivity contribution in [2.45, 2.75) is 37.8 Å². The van der Waals surface area contributed by atoms with Gasteiger partial charge in [-0.3, -0.25) is 9.59 Å². The highest BCUT2D eigenvalue weighted by Gasteiger charge is 2.29. The molecule has 0 bridgehead atoms. The van der Waals surface area contributed by atoms with Crippen molar-refractivity contribution in [3.05, 3.63) is 0 Å². The summed E-state index contributed by atoms with van der Waals surface area (Å²) < 4.78 is 0. The zero-order valence-corrected chi connectivity index (χ0v) is 8.74. The molecular weight excluding hydrogens is 194 g/mol. The first kappa shape index (κ1) is 10.4. The number of nitrogens with zero attached hydrogens (tertiary/aromatic N) is 1. The number of nitrogens with two attached hydrogens (primary N) is 1. The molecule has 2 amide bonds.